The summed E-state index contributed by atoms with van der Waals surface area (Å²) in [6.45, 7) is 7.24. The van der Waals surface area contributed by atoms with Gasteiger partial charge in [-0.1, -0.05) is 0 Å². The van der Waals surface area contributed by atoms with E-state index in [1.807, 2.05) is 0 Å². The molecule has 4 aliphatic rings. The van der Waals surface area contributed by atoms with Gasteiger partial charge >= 0.3 is 0 Å². The number of ether oxygens (including phenoxy) is 1. The Morgan fingerprint density at radius 3 is 2.17 bits per heavy atom. The van der Waals surface area contributed by atoms with Crippen molar-refractivity contribution in [1.29, 1.82) is 0 Å². The number of hydrogen-bond acceptors (Lipinski definition) is 2. The van der Waals surface area contributed by atoms with Crippen molar-refractivity contribution in [3.05, 3.63) is 0 Å². The molecule has 0 saturated heterocycles. The van der Waals surface area contributed by atoms with Gasteiger partial charge in [0, 0.05) is 19.2 Å². The zero-order valence-electron chi connectivity index (χ0n) is 12.1. The van der Waals surface area contributed by atoms with Crippen LogP contribution in [-0.2, 0) is 4.74 Å². The molecule has 0 radical (unpaired) electrons. The zero-order valence-corrected chi connectivity index (χ0v) is 12.1. The van der Waals surface area contributed by atoms with Crippen LogP contribution >= 0.6 is 0 Å². The molecule has 4 fully saturated rings. The third kappa shape index (κ3) is 2.34. The smallest absolute Gasteiger partial charge is 0.0590 e. The molecule has 0 aromatic rings. The predicted octanol–water partition coefficient (Wildman–Crippen LogP) is 3.22. The summed E-state index contributed by atoms with van der Waals surface area (Å²) in [7, 11) is 0. The number of nitrogens with one attached hydrogen (secondary N) is 1. The third-order valence-electron chi connectivity index (χ3n) is 5.91. The largest absolute Gasteiger partial charge is 0.380 e. The SMILES string of the molecule is CCOCCNC(C)C12CC3CC(CC(C3)C1)C2. The molecule has 4 rings (SSSR count). The van der Waals surface area contributed by atoms with Crippen LogP contribution in [0.4, 0.5) is 0 Å². The van der Waals surface area contributed by atoms with E-state index in [2.05, 4.69) is 19.2 Å². The van der Waals surface area contributed by atoms with Crippen LogP contribution in [0.1, 0.15) is 52.4 Å². The van der Waals surface area contributed by atoms with Crippen molar-refractivity contribution in [1.82, 2.24) is 5.32 Å². The van der Waals surface area contributed by atoms with Crippen LogP contribution in [-0.4, -0.2) is 25.8 Å². The molecular formula is C16H29NO. The summed E-state index contributed by atoms with van der Waals surface area (Å²) in [5.41, 5.74) is 0.640. The highest BCUT2D eigenvalue weighted by Gasteiger charge is 2.52. The Morgan fingerprint density at radius 1 is 1.11 bits per heavy atom. The maximum atomic E-state index is 5.44. The van der Waals surface area contributed by atoms with E-state index in [0.29, 0.717) is 11.5 Å². The average molecular weight is 251 g/mol. The lowest BCUT2D eigenvalue weighted by molar-refractivity contribution is -0.0710. The van der Waals surface area contributed by atoms with Gasteiger partial charge in [0.15, 0.2) is 0 Å². The van der Waals surface area contributed by atoms with Crippen molar-refractivity contribution < 1.29 is 4.74 Å². The first-order chi connectivity index (χ1) is 8.72. The van der Waals surface area contributed by atoms with Gasteiger partial charge in [-0.3, -0.25) is 0 Å². The van der Waals surface area contributed by atoms with E-state index in [1.165, 1.54) is 19.3 Å². The minimum absolute atomic E-state index is 0.640. The first-order valence-electron chi connectivity index (χ1n) is 8.03. The summed E-state index contributed by atoms with van der Waals surface area (Å²) < 4.78 is 5.44. The van der Waals surface area contributed by atoms with Gasteiger partial charge < -0.3 is 10.1 Å². The molecule has 1 N–H and O–H groups in total. The Morgan fingerprint density at radius 2 is 1.67 bits per heavy atom. The van der Waals surface area contributed by atoms with Crippen molar-refractivity contribution in [2.45, 2.75) is 58.4 Å². The van der Waals surface area contributed by atoms with Gasteiger partial charge in [0.1, 0.15) is 0 Å². The standard InChI is InChI=1S/C16H29NO/c1-3-18-5-4-17-12(2)16-9-13-6-14(10-16)8-15(7-13)11-16/h12-15,17H,3-11H2,1-2H3. The normalized spacial score (nSPS) is 43.3. The Bertz CT molecular complexity index is 254. The van der Waals surface area contributed by atoms with Gasteiger partial charge in [0.05, 0.1) is 6.61 Å². The molecule has 18 heavy (non-hydrogen) atoms. The fraction of sp³-hybridized carbons (Fsp3) is 1.00. The molecule has 2 nitrogen and oxygen atoms in total. The predicted molar refractivity (Wildman–Crippen MR) is 74.6 cm³/mol. The fourth-order valence-electron chi connectivity index (χ4n) is 5.42. The Hall–Kier alpha value is -0.0800. The van der Waals surface area contributed by atoms with Crippen molar-refractivity contribution >= 4 is 0 Å². The minimum atomic E-state index is 0.640. The summed E-state index contributed by atoms with van der Waals surface area (Å²) in [6, 6.07) is 0.686. The van der Waals surface area contributed by atoms with Crippen LogP contribution in [0.25, 0.3) is 0 Å². The minimum Gasteiger partial charge on any atom is -0.380 e. The molecule has 0 aliphatic heterocycles. The monoisotopic (exact) mass is 251 g/mol. The summed E-state index contributed by atoms with van der Waals surface area (Å²) in [5, 5.41) is 3.75. The van der Waals surface area contributed by atoms with E-state index >= 15 is 0 Å². The second-order valence-electron chi connectivity index (χ2n) is 7.15. The summed E-state index contributed by atoms with van der Waals surface area (Å²) in [6.07, 6.45) is 9.14. The molecule has 0 aromatic carbocycles. The molecule has 4 saturated carbocycles. The average Bonchev–Trinajstić information content (AvgIpc) is 2.32. The van der Waals surface area contributed by atoms with Crippen LogP contribution in [0.15, 0.2) is 0 Å². The van der Waals surface area contributed by atoms with Crippen molar-refractivity contribution in [3.8, 4) is 0 Å². The Labute approximate surface area is 112 Å². The second-order valence-corrected chi connectivity index (χ2v) is 7.15. The molecule has 1 unspecified atom stereocenters. The van der Waals surface area contributed by atoms with Gasteiger partial charge in [-0.25, -0.2) is 0 Å². The first kappa shape index (κ1) is 12.9. The van der Waals surface area contributed by atoms with E-state index < -0.39 is 0 Å². The molecule has 104 valence electrons. The molecule has 2 heteroatoms. The maximum Gasteiger partial charge on any atom is 0.0590 e. The second kappa shape index (κ2) is 5.13. The van der Waals surface area contributed by atoms with Crippen molar-refractivity contribution in [2.75, 3.05) is 19.8 Å². The lowest BCUT2D eigenvalue weighted by atomic mass is 9.48. The van der Waals surface area contributed by atoms with E-state index in [4.69, 9.17) is 4.74 Å². The molecule has 1 atom stereocenters. The molecule has 0 spiro atoms. The van der Waals surface area contributed by atoms with Crippen molar-refractivity contribution in [3.63, 3.8) is 0 Å². The Balaban J connectivity index is 1.57. The van der Waals surface area contributed by atoms with Gasteiger partial charge in [0.2, 0.25) is 0 Å². The lowest BCUT2D eigenvalue weighted by Crippen LogP contribution is -2.55. The number of rotatable bonds is 6. The van der Waals surface area contributed by atoms with Gasteiger partial charge in [-0.2, -0.15) is 0 Å². The summed E-state index contributed by atoms with van der Waals surface area (Å²) in [4.78, 5) is 0. The highest BCUT2D eigenvalue weighted by atomic mass is 16.5. The quantitative estimate of drug-likeness (QED) is 0.732. The molecule has 4 bridgehead atoms. The molecule has 0 heterocycles. The van der Waals surface area contributed by atoms with E-state index in [-0.39, 0.29) is 0 Å². The topological polar surface area (TPSA) is 21.3 Å². The van der Waals surface area contributed by atoms with Crippen LogP contribution in [0, 0.1) is 23.2 Å². The van der Waals surface area contributed by atoms with E-state index in [1.54, 1.807) is 19.3 Å². The fourth-order valence-corrected chi connectivity index (χ4v) is 5.42. The van der Waals surface area contributed by atoms with Gasteiger partial charge in [-0.15, -0.1) is 0 Å². The van der Waals surface area contributed by atoms with Gasteiger partial charge in [0.25, 0.3) is 0 Å². The Kier molecular flexibility index (Phi) is 3.68. The van der Waals surface area contributed by atoms with Gasteiger partial charge in [-0.05, 0) is 75.5 Å². The van der Waals surface area contributed by atoms with Crippen molar-refractivity contribution in [2.24, 2.45) is 23.2 Å². The van der Waals surface area contributed by atoms with Crippen LogP contribution in [0.2, 0.25) is 0 Å². The highest BCUT2D eigenvalue weighted by molar-refractivity contribution is 5.05. The lowest BCUT2D eigenvalue weighted by Gasteiger charge is -2.59. The summed E-state index contributed by atoms with van der Waals surface area (Å²) in [5.74, 6) is 3.19. The zero-order chi connectivity index (χ0) is 12.6. The highest BCUT2D eigenvalue weighted by Crippen LogP contribution is 2.61. The van der Waals surface area contributed by atoms with Crippen LogP contribution in [0.3, 0.4) is 0 Å². The van der Waals surface area contributed by atoms with E-state index in [0.717, 1.165) is 37.5 Å². The molecule has 0 aromatic heterocycles. The van der Waals surface area contributed by atoms with Crippen LogP contribution in [0.5, 0.6) is 0 Å². The number of hydrogen-bond donors (Lipinski definition) is 1. The third-order valence-corrected chi connectivity index (χ3v) is 5.91. The van der Waals surface area contributed by atoms with Crippen LogP contribution < -0.4 is 5.32 Å². The molecular weight excluding hydrogens is 222 g/mol. The first-order valence-corrected chi connectivity index (χ1v) is 8.03. The molecule has 0 amide bonds. The molecule has 4 aliphatic carbocycles. The van der Waals surface area contributed by atoms with E-state index in [9.17, 15) is 0 Å². The summed E-state index contributed by atoms with van der Waals surface area (Å²) >= 11 is 0. The maximum absolute atomic E-state index is 5.44.